The highest BCUT2D eigenvalue weighted by Crippen LogP contribution is 2.20. The molecular weight excluding hydrogens is 440 g/mol. The molecule has 3 N–H and O–H groups in total. The van der Waals surface area contributed by atoms with E-state index in [0.29, 0.717) is 43.8 Å². The molecule has 9 heteroatoms. The van der Waals surface area contributed by atoms with Crippen LogP contribution in [-0.2, 0) is 16.0 Å². The highest BCUT2D eigenvalue weighted by atomic mass is 32.1. The fourth-order valence-corrected chi connectivity index (χ4v) is 4.72. The summed E-state index contributed by atoms with van der Waals surface area (Å²) in [4.78, 5) is 43.4. The van der Waals surface area contributed by atoms with Gasteiger partial charge in [0.2, 0.25) is 5.91 Å². The van der Waals surface area contributed by atoms with Crippen molar-refractivity contribution in [3.63, 3.8) is 0 Å². The van der Waals surface area contributed by atoms with Gasteiger partial charge in [-0.25, -0.2) is 4.79 Å². The number of ether oxygens (including phenoxy) is 1. The maximum absolute atomic E-state index is 13.3. The lowest BCUT2D eigenvalue weighted by Crippen LogP contribution is -2.53. The van der Waals surface area contributed by atoms with E-state index >= 15 is 0 Å². The molecule has 1 aliphatic rings. The first-order valence-electron chi connectivity index (χ1n) is 11.2. The molecule has 174 valence electrons. The van der Waals surface area contributed by atoms with Crippen molar-refractivity contribution in [2.75, 3.05) is 19.7 Å². The number of fused-ring (bicyclic) bond motifs is 1. The number of benzene rings is 1. The van der Waals surface area contributed by atoms with Crippen molar-refractivity contribution in [2.24, 2.45) is 0 Å². The summed E-state index contributed by atoms with van der Waals surface area (Å²) >= 11 is 1.34. The van der Waals surface area contributed by atoms with Crippen LogP contribution in [0.1, 0.15) is 35.0 Å². The zero-order chi connectivity index (χ0) is 23.2. The van der Waals surface area contributed by atoms with E-state index in [2.05, 4.69) is 15.6 Å². The Bertz CT molecular complexity index is 1100. The van der Waals surface area contributed by atoms with Crippen molar-refractivity contribution in [3.8, 4) is 0 Å². The molecule has 2 aromatic heterocycles. The summed E-state index contributed by atoms with van der Waals surface area (Å²) in [6.07, 6.45) is 3.23. The zero-order valence-electron chi connectivity index (χ0n) is 18.5. The molecule has 1 saturated heterocycles. The van der Waals surface area contributed by atoms with Gasteiger partial charge in [-0.05, 0) is 42.8 Å². The monoisotopic (exact) mass is 468 g/mol. The van der Waals surface area contributed by atoms with Crippen LogP contribution >= 0.6 is 11.3 Å². The van der Waals surface area contributed by atoms with Crippen LogP contribution in [0, 0.1) is 0 Å². The number of hydrogen-bond acceptors (Lipinski definition) is 5. The maximum Gasteiger partial charge on any atom is 0.409 e. The minimum Gasteiger partial charge on any atom is -0.450 e. The lowest BCUT2D eigenvalue weighted by atomic mass is 10.0. The lowest BCUT2D eigenvalue weighted by Gasteiger charge is -2.32. The molecular formula is C24H28N4O4S. The minimum absolute atomic E-state index is 0.0627. The number of aromatic nitrogens is 1. The van der Waals surface area contributed by atoms with Crippen LogP contribution < -0.4 is 10.6 Å². The van der Waals surface area contributed by atoms with Gasteiger partial charge in [-0.1, -0.05) is 24.3 Å². The first kappa shape index (κ1) is 22.8. The van der Waals surface area contributed by atoms with Crippen LogP contribution in [0.3, 0.4) is 0 Å². The van der Waals surface area contributed by atoms with E-state index in [9.17, 15) is 14.4 Å². The quantitative estimate of drug-likeness (QED) is 0.495. The van der Waals surface area contributed by atoms with E-state index in [1.807, 2.05) is 41.9 Å². The molecule has 0 spiro atoms. The third-order valence-corrected chi connectivity index (χ3v) is 6.70. The number of thiophene rings is 1. The number of amides is 3. The van der Waals surface area contributed by atoms with Crippen molar-refractivity contribution < 1.29 is 19.1 Å². The fourth-order valence-electron chi connectivity index (χ4n) is 4.09. The smallest absolute Gasteiger partial charge is 0.409 e. The number of rotatable bonds is 7. The largest absolute Gasteiger partial charge is 0.450 e. The zero-order valence-corrected chi connectivity index (χ0v) is 19.3. The van der Waals surface area contributed by atoms with E-state index < -0.39 is 6.04 Å². The summed E-state index contributed by atoms with van der Waals surface area (Å²) in [7, 11) is 0. The third-order valence-electron chi connectivity index (χ3n) is 5.83. The molecule has 0 radical (unpaired) electrons. The summed E-state index contributed by atoms with van der Waals surface area (Å²) in [6.45, 7) is 3.18. The van der Waals surface area contributed by atoms with E-state index in [-0.39, 0.29) is 23.9 Å². The van der Waals surface area contributed by atoms with Gasteiger partial charge in [0, 0.05) is 42.7 Å². The minimum atomic E-state index is -0.720. The van der Waals surface area contributed by atoms with Crippen LogP contribution in [0.5, 0.6) is 0 Å². The third kappa shape index (κ3) is 5.54. The number of piperidine rings is 1. The van der Waals surface area contributed by atoms with Gasteiger partial charge in [-0.3, -0.25) is 9.59 Å². The van der Waals surface area contributed by atoms with Crippen LogP contribution in [0.4, 0.5) is 4.79 Å². The first-order valence-corrected chi connectivity index (χ1v) is 12.0. The molecule has 3 heterocycles. The summed E-state index contributed by atoms with van der Waals surface area (Å²) in [5, 5.41) is 8.86. The molecule has 1 aromatic carbocycles. The standard InChI is InChI=1S/C24H28N4O4S/c1-2-32-24(31)28-11-9-17(10-12-28)26-22(29)20(27-23(30)21-8-5-13-33-21)14-16-15-25-19-7-4-3-6-18(16)19/h3-8,13,15,17,20,25H,2,9-12,14H2,1H3,(H,26,29)(H,27,30)/t20-/m0/s1. The van der Waals surface area contributed by atoms with Gasteiger partial charge >= 0.3 is 6.09 Å². The second kappa shape index (κ2) is 10.5. The molecule has 3 amide bonds. The second-order valence-electron chi connectivity index (χ2n) is 8.04. The van der Waals surface area contributed by atoms with E-state index in [1.165, 1.54) is 11.3 Å². The first-order chi connectivity index (χ1) is 16.0. The molecule has 1 atom stereocenters. The van der Waals surface area contributed by atoms with Crippen molar-refractivity contribution in [2.45, 2.75) is 38.3 Å². The Balaban J connectivity index is 1.44. The topological polar surface area (TPSA) is 104 Å². The Labute approximate surface area is 196 Å². The molecule has 0 saturated carbocycles. The number of H-pyrrole nitrogens is 1. The van der Waals surface area contributed by atoms with E-state index in [0.717, 1.165) is 16.5 Å². The SMILES string of the molecule is CCOC(=O)N1CCC(NC(=O)[C@H](Cc2c[nH]c3ccccc23)NC(=O)c2cccs2)CC1. The van der Waals surface area contributed by atoms with Gasteiger partial charge in [0.15, 0.2) is 0 Å². The Morgan fingerprint density at radius 2 is 1.97 bits per heavy atom. The highest BCUT2D eigenvalue weighted by molar-refractivity contribution is 7.12. The molecule has 1 fully saturated rings. The van der Waals surface area contributed by atoms with Crippen molar-refractivity contribution in [1.29, 1.82) is 0 Å². The number of likely N-dealkylation sites (tertiary alicyclic amines) is 1. The predicted molar refractivity (Wildman–Crippen MR) is 127 cm³/mol. The Kier molecular flexibility index (Phi) is 7.29. The van der Waals surface area contributed by atoms with E-state index in [1.54, 1.807) is 17.9 Å². The molecule has 8 nitrogen and oxygen atoms in total. The number of hydrogen-bond donors (Lipinski definition) is 3. The van der Waals surface area contributed by atoms with Crippen molar-refractivity contribution >= 4 is 40.1 Å². The van der Waals surface area contributed by atoms with Crippen molar-refractivity contribution in [1.82, 2.24) is 20.5 Å². The average Bonchev–Trinajstić information content (AvgIpc) is 3.50. The number of carbonyl (C=O) groups excluding carboxylic acids is 3. The second-order valence-corrected chi connectivity index (χ2v) is 8.98. The Morgan fingerprint density at radius 3 is 2.70 bits per heavy atom. The van der Waals surface area contributed by atoms with E-state index in [4.69, 9.17) is 4.74 Å². The van der Waals surface area contributed by atoms with Gasteiger partial charge in [0.05, 0.1) is 11.5 Å². The van der Waals surface area contributed by atoms with Gasteiger partial charge in [-0.2, -0.15) is 0 Å². The van der Waals surface area contributed by atoms with Gasteiger partial charge < -0.3 is 25.3 Å². The van der Waals surface area contributed by atoms with Crippen molar-refractivity contribution in [3.05, 3.63) is 58.4 Å². The molecule has 4 rings (SSSR count). The Morgan fingerprint density at radius 1 is 1.18 bits per heavy atom. The molecule has 0 bridgehead atoms. The summed E-state index contributed by atoms with van der Waals surface area (Å²) in [6, 6.07) is 10.7. The molecule has 1 aliphatic heterocycles. The number of para-hydroxylation sites is 1. The molecule has 3 aromatic rings. The van der Waals surface area contributed by atoms with Crippen LogP contribution in [0.25, 0.3) is 10.9 Å². The summed E-state index contributed by atoms with van der Waals surface area (Å²) in [5.41, 5.74) is 1.96. The fraction of sp³-hybridized carbons (Fsp3) is 0.375. The van der Waals surface area contributed by atoms with Gasteiger partial charge in [0.1, 0.15) is 6.04 Å². The van der Waals surface area contributed by atoms with Gasteiger partial charge in [-0.15, -0.1) is 11.3 Å². The number of aromatic amines is 1. The number of nitrogens with one attached hydrogen (secondary N) is 3. The summed E-state index contributed by atoms with van der Waals surface area (Å²) < 4.78 is 5.06. The van der Waals surface area contributed by atoms with Crippen LogP contribution in [0.15, 0.2) is 48.0 Å². The molecule has 33 heavy (non-hydrogen) atoms. The van der Waals surface area contributed by atoms with Crippen LogP contribution in [-0.4, -0.2) is 59.6 Å². The normalized spacial score (nSPS) is 15.2. The van der Waals surface area contributed by atoms with Gasteiger partial charge in [0.25, 0.3) is 5.91 Å². The average molecular weight is 469 g/mol. The summed E-state index contributed by atoms with van der Waals surface area (Å²) in [5.74, 6) is -0.484. The molecule has 0 aliphatic carbocycles. The van der Waals surface area contributed by atoms with Crippen LogP contribution in [0.2, 0.25) is 0 Å². The number of carbonyl (C=O) groups is 3. The maximum atomic E-state index is 13.3. The number of nitrogens with zero attached hydrogens (tertiary/aromatic N) is 1. The molecule has 0 unspecified atom stereocenters. The lowest BCUT2D eigenvalue weighted by molar-refractivity contribution is -0.123. The predicted octanol–water partition coefficient (Wildman–Crippen LogP) is 3.31. The highest BCUT2D eigenvalue weighted by Gasteiger charge is 2.29. The Hall–Kier alpha value is -3.33.